The van der Waals surface area contributed by atoms with E-state index in [1.54, 1.807) is 43.3 Å². The lowest BCUT2D eigenvalue weighted by Gasteiger charge is -2.31. The summed E-state index contributed by atoms with van der Waals surface area (Å²) in [6.07, 6.45) is 0. The van der Waals surface area contributed by atoms with Crippen LogP contribution in [0.4, 0.5) is 11.4 Å². The topological polar surface area (TPSA) is 130 Å². The van der Waals surface area contributed by atoms with Crippen molar-refractivity contribution in [2.75, 3.05) is 17.9 Å². The molecule has 0 aliphatic carbocycles. The number of anilines is 1. The van der Waals surface area contributed by atoms with Crippen molar-refractivity contribution in [2.45, 2.75) is 24.4 Å². The number of halogens is 1. The lowest BCUT2D eigenvalue weighted by Crippen LogP contribution is -2.50. The van der Waals surface area contributed by atoms with Gasteiger partial charge in [0, 0.05) is 30.2 Å². The van der Waals surface area contributed by atoms with E-state index < -0.39 is 39.3 Å². The summed E-state index contributed by atoms with van der Waals surface area (Å²) in [5.74, 6) is -1.05. The Labute approximate surface area is 223 Å². The predicted molar refractivity (Wildman–Crippen MR) is 142 cm³/mol. The highest BCUT2D eigenvalue weighted by Gasteiger charge is 2.32. The zero-order valence-electron chi connectivity index (χ0n) is 20.1. The van der Waals surface area contributed by atoms with E-state index in [0.29, 0.717) is 0 Å². The molecule has 0 fully saturated rings. The molecule has 3 aromatic carbocycles. The molecule has 3 aromatic rings. The molecule has 37 heavy (non-hydrogen) atoms. The smallest absolute Gasteiger partial charge is 0.269 e. The number of nitrogens with one attached hydrogen (secondary N) is 1. The fraction of sp³-hybridized carbons (Fsp3) is 0.200. The molecule has 1 N–H and O–H groups in total. The van der Waals surface area contributed by atoms with E-state index in [4.69, 9.17) is 0 Å². The molecule has 12 heteroatoms. The minimum atomic E-state index is -4.24. The molecule has 0 radical (unpaired) electrons. The lowest BCUT2D eigenvalue weighted by molar-refractivity contribution is -0.384. The van der Waals surface area contributed by atoms with Crippen molar-refractivity contribution < 1.29 is 22.9 Å². The van der Waals surface area contributed by atoms with Gasteiger partial charge in [-0.25, -0.2) is 8.42 Å². The van der Waals surface area contributed by atoms with Crippen molar-refractivity contribution in [2.24, 2.45) is 0 Å². The molecular weight excluding hydrogens is 564 g/mol. The fourth-order valence-electron chi connectivity index (χ4n) is 3.61. The molecule has 0 saturated carbocycles. The van der Waals surface area contributed by atoms with Gasteiger partial charge in [-0.3, -0.25) is 24.0 Å². The molecule has 3 rings (SSSR count). The van der Waals surface area contributed by atoms with Crippen molar-refractivity contribution in [1.82, 2.24) is 10.2 Å². The third-order valence-corrected chi connectivity index (χ3v) is 7.90. The summed E-state index contributed by atoms with van der Waals surface area (Å²) >= 11 is 3.39. The van der Waals surface area contributed by atoms with Crippen LogP contribution in [0.1, 0.15) is 12.5 Å². The van der Waals surface area contributed by atoms with E-state index >= 15 is 0 Å². The van der Waals surface area contributed by atoms with Gasteiger partial charge in [-0.2, -0.15) is 0 Å². The second-order valence-electron chi connectivity index (χ2n) is 8.04. The maximum atomic E-state index is 13.7. The molecule has 0 spiro atoms. The summed E-state index contributed by atoms with van der Waals surface area (Å²) in [5, 5.41) is 13.6. The van der Waals surface area contributed by atoms with Crippen molar-refractivity contribution in [3.63, 3.8) is 0 Å². The number of sulfonamides is 1. The highest BCUT2D eigenvalue weighted by atomic mass is 79.9. The molecule has 0 bridgehead atoms. The highest BCUT2D eigenvalue weighted by Crippen LogP contribution is 2.26. The molecule has 194 valence electrons. The van der Waals surface area contributed by atoms with Gasteiger partial charge < -0.3 is 10.2 Å². The van der Waals surface area contributed by atoms with E-state index in [-0.39, 0.29) is 22.8 Å². The minimum Gasteiger partial charge on any atom is -0.357 e. The van der Waals surface area contributed by atoms with Crippen LogP contribution in [-0.2, 0) is 26.2 Å². The summed E-state index contributed by atoms with van der Waals surface area (Å²) in [6, 6.07) is 18.7. The van der Waals surface area contributed by atoms with Crippen LogP contribution in [0.15, 0.2) is 88.2 Å². The Kier molecular flexibility index (Phi) is 9.00. The molecule has 0 saturated heterocycles. The number of non-ortho nitro benzene ring substituents is 1. The standard InChI is InChI=1S/C25H25BrN4O6S/c1-18(25(32)27-2)28(16-19-7-6-8-20(26)15-19)24(31)17-29(21-11-13-22(14-12-21)30(33)34)37(35,36)23-9-4-3-5-10-23/h3-15,18H,16-17H2,1-2H3,(H,27,32)/t18-/m1/s1. The Morgan fingerprint density at radius 1 is 1.03 bits per heavy atom. The van der Waals surface area contributed by atoms with E-state index in [1.807, 2.05) is 6.07 Å². The number of likely N-dealkylation sites (N-methyl/N-ethyl adjacent to an activating group) is 1. The Bertz CT molecular complexity index is 1380. The second kappa shape index (κ2) is 12.0. The zero-order valence-corrected chi connectivity index (χ0v) is 22.5. The quantitative estimate of drug-likeness (QED) is 0.284. The summed E-state index contributed by atoms with van der Waals surface area (Å²) in [4.78, 5) is 37.9. The predicted octanol–water partition coefficient (Wildman–Crippen LogP) is 3.72. The summed E-state index contributed by atoms with van der Waals surface area (Å²) in [5.41, 5.74) is 0.570. The Balaban J connectivity index is 2.04. The molecule has 0 aromatic heterocycles. The number of hydrogen-bond acceptors (Lipinski definition) is 6. The third-order valence-electron chi connectivity index (χ3n) is 5.61. The van der Waals surface area contributed by atoms with Crippen LogP contribution in [0.3, 0.4) is 0 Å². The molecular formula is C25H25BrN4O6S. The Morgan fingerprint density at radius 2 is 1.68 bits per heavy atom. The number of nitrogens with zero attached hydrogens (tertiary/aromatic N) is 3. The first-order chi connectivity index (χ1) is 17.5. The first kappa shape index (κ1) is 27.8. The largest absolute Gasteiger partial charge is 0.357 e. The third kappa shape index (κ3) is 6.71. The van der Waals surface area contributed by atoms with Gasteiger partial charge in [-0.05, 0) is 48.9 Å². The van der Waals surface area contributed by atoms with E-state index in [0.717, 1.165) is 14.3 Å². The second-order valence-corrected chi connectivity index (χ2v) is 10.8. The van der Waals surface area contributed by atoms with Crippen LogP contribution in [0.2, 0.25) is 0 Å². The summed E-state index contributed by atoms with van der Waals surface area (Å²) < 4.78 is 28.9. The number of benzene rings is 3. The number of nitro benzene ring substituents is 1. The zero-order chi connectivity index (χ0) is 27.2. The number of nitro groups is 1. The van der Waals surface area contributed by atoms with Crippen molar-refractivity contribution in [3.8, 4) is 0 Å². The van der Waals surface area contributed by atoms with E-state index in [1.165, 1.54) is 48.3 Å². The molecule has 1 atom stereocenters. The van der Waals surface area contributed by atoms with Crippen LogP contribution in [0, 0.1) is 10.1 Å². The van der Waals surface area contributed by atoms with Gasteiger partial charge in [0.2, 0.25) is 11.8 Å². The van der Waals surface area contributed by atoms with Gasteiger partial charge >= 0.3 is 0 Å². The van der Waals surface area contributed by atoms with Gasteiger partial charge in [0.15, 0.2) is 0 Å². The van der Waals surface area contributed by atoms with Crippen LogP contribution in [0.5, 0.6) is 0 Å². The van der Waals surface area contributed by atoms with Crippen molar-refractivity contribution in [3.05, 3.63) is 99.0 Å². The molecule has 0 heterocycles. The summed E-state index contributed by atoms with van der Waals surface area (Å²) in [7, 11) is -2.79. The normalized spacial score (nSPS) is 11.9. The van der Waals surface area contributed by atoms with E-state index in [9.17, 15) is 28.1 Å². The minimum absolute atomic E-state index is 0.0480. The molecule has 0 aliphatic rings. The SMILES string of the molecule is CNC(=O)[C@@H](C)N(Cc1cccc(Br)c1)C(=O)CN(c1ccc([N+](=O)[O-])cc1)S(=O)(=O)c1ccccc1. The number of hydrogen-bond donors (Lipinski definition) is 1. The van der Waals surface area contributed by atoms with E-state index in [2.05, 4.69) is 21.2 Å². The van der Waals surface area contributed by atoms with Gasteiger partial charge in [0.05, 0.1) is 15.5 Å². The first-order valence-corrected chi connectivity index (χ1v) is 13.4. The highest BCUT2D eigenvalue weighted by molar-refractivity contribution is 9.10. The molecule has 0 unspecified atom stereocenters. The molecule has 0 aliphatic heterocycles. The first-order valence-electron chi connectivity index (χ1n) is 11.1. The Morgan fingerprint density at radius 3 is 2.24 bits per heavy atom. The average Bonchev–Trinajstić information content (AvgIpc) is 2.89. The van der Waals surface area contributed by atoms with Crippen LogP contribution < -0.4 is 9.62 Å². The average molecular weight is 589 g/mol. The maximum Gasteiger partial charge on any atom is 0.269 e. The van der Waals surface area contributed by atoms with Crippen molar-refractivity contribution >= 4 is 49.1 Å². The van der Waals surface area contributed by atoms with Crippen molar-refractivity contribution in [1.29, 1.82) is 0 Å². The lowest BCUT2D eigenvalue weighted by atomic mass is 10.1. The number of carbonyl (C=O) groups is 2. The van der Waals surface area contributed by atoms with Crippen LogP contribution >= 0.6 is 15.9 Å². The monoisotopic (exact) mass is 588 g/mol. The van der Waals surface area contributed by atoms with Crippen LogP contribution in [0.25, 0.3) is 0 Å². The van der Waals surface area contributed by atoms with Crippen LogP contribution in [-0.4, -0.2) is 49.7 Å². The number of rotatable bonds is 10. The van der Waals surface area contributed by atoms with Gasteiger partial charge in [0.1, 0.15) is 12.6 Å². The summed E-state index contributed by atoms with van der Waals surface area (Å²) in [6.45, 7) is 0.966. The van der Waals surface area contributed by atoms with Gasteiger partial charge in [0.25, 0.3) is 15.7 Å². The fourth-order valence-corrected chi connectivity index (χ4v) is 5.49. The number of carbonyl (C=O) groups excluding carboxylic acids is 2. The molecule has 2 amide bonds. The number of amides is 2. The van der Waals surface area contributed by atoms with Gasteiger partial charge in [-0.15, -0.1) is 0 Å². The van der Waals surface area contributed by atoms with Gasteiger partial charge in [-0.1, -0.05) is 46.3 Å². The maximum absolute atomic E-state index is 13.7. The Hall–Kier alpha value is -3.77. The molecule has 10 nitrogen and oxygen atoms in total.